The number of nitrogens with zero attached hydrogens (tertiary/aromatic N) is 1. The van der Waals surface area contributed by atoms with Gasteiger partial charge in [-0.1, -0.05) is 13.8 Å². The van der Waals surface area contributed by atoms with E-state index in [1.807, 2.05) is 32.9 Å². The largest absolute Gasteiger partial charge is 0.473 e. The second kappa shape index (κ2) is 6.00. The second-order valence-corrected chi connectivity index (χ2v) is 6.22. The molecule has 1 heterocycles. The van der Waals surface area contributed by atoms with Gasteiger partial charge in [-0.15, -0.1) is 0 Å². The molecule has 2 atom stereocenters. The maximum absolute atomic E-state index is 5.77. The first kappa shape index (κ1) is 15.1. The molecule has 0 spiro atoms. The van der Waals surface area contributed by atoms with Crippen LogP contribution in [0.4, 0.5) is 5.69 Å². The van der Waals surface area contributed by atoms with Gasteiger partial charge < -0.3 is 14.8 Å². The van der Waals surface area contributed by atoms with Gasteiger partial charge in [-0.05, 0) is 39.3 Å². The Balaban J connectivity index is 2.04. The Morgan fingerprint density at radius 1 is 1.45 bits per heavy atom. The van der Waals surface area contributed by atoms with E-state index in [0.29, 0.717) is 18.0 Å². The predicted octanol–water partition coefficient (Wildman–Crippen LogP) is 3.48. The summed E-state index contributed by atoms with van der Waals surface area (Å²) in [5.74, 6) is 0.679. The Hall–Kier alpha value is -1.29. The van der Waals surface area contributed by atoms with Gasteiger partial charge >= 0.3 is 0 Å². The number of hydrogen-bond donors (Lipinski definition) is 1. The van der Waals surface area contributed by atoms with Crippen LogP contribution < -0.4 is 10.1 Å². The van der Waals surface area contributed by atoms with Crippen molar-refractivity contribution >= 4 is 5.69 Å². The maximum Gasteiger partial charge on any atom is 0.237 e. The Morgan fingerprint density at radius 2 is 2.20 bits per heavy atom. The van der Waals surface area contributed by atoms with Gasteiger partial charge in [0.05, 0.1) is 17.9 Å². The summed E-state index contributed by atoms with van der Waals surface area (Å²) in [7, 11) is 0. The fraction of sp³-hybridized carbons (Fsp3) is 0.688. The molecule has 1 aromatic rings. The van der Waals surface area contributed by atoms with E-state index in [1.165, 1.54) is 0 Å². The minimum atomic E-state index is 0.121. The van der Waals surface area contributed by atoms with E-state index in [4.69, 9.17) is 9.47 Å². The van der Waals surface area contributed by atoms with Crippen molar-refractivity contribution < 1.29 is 9.47 Å². The molecular weight excluding hydrogens is 252 g/mol. The smallest absolute Gasteiger partial charge is 0.237 e. The van der Waals surface area contributed by atoms with Crippen LogP contribution in [-0.2, 0) is 4.74 Å². The van der Waals surface area contributed by atoms with Gasteiger partial charge in [0.25, 0.3) is 0 Å². The Bertz CT molecular complexity index is 446. The highest BCUT2D eigenvalue weighted by molar-refractivity contribution is 5.53. The summed E-state index contributed by atoms with van der Waals surface area (Å²) in [5.41, 5.74) is 1.09. The number of rotatable bonds is 6. The fourth-order valence-corrected chi connectivity index (χ4v) is 2.62. The zero-order valence-corrected chi connectivity index (χ0v) is 13.1. The lowest BCUT2D eigenvalue weighted by Crippen LogP contribution is -2.58. The van der Waals surface area contributed by atoms with Gasteiger partial charge in [-0.25, -0.2) is 4.98 Å². The molecule has 0 bridgehead atoms. The number of anilines is 1. The molecule has 1 N–H and O–H groups in total. The number of hydrogen-bond acceptors (Lipinski definition) is 4. The topological polar surface area (TPSA) is 43.4 Å². The van der Waals surface area contributed by atoms with Gasteiger partial charge in [0.2, 0.25) is 5.88 Å². The standard InChI is InChI=1S/C16H26N2O2/c1-6-19-14-10-13(16(14,4)5)18-12-8-7-9-17-15(12)20-11(2)3/h7-9,11,13-14,18H,6,10H2,1-5H3. The summed E-state index contributed by atoms with van der Waals surface area (Å²) >= 11 is 0. The number of pyridine rings is 1. The molecule has 0 radical (unpaired) electrons. The Kier molecular flexibility index (Phi) is 4.53. The van der Waals surface area contributed by atoms with Crippen LogP contribution in [0, 0.1) is 5.41 Å². The highest BCUT2D eigenvalue weighted by atomic mass is 16.5. The fourth-order valence-electron chi connectivity index (χ4n) is 2.62. The third kappa shape index (κ3) is 3.06. The molecule has 4 heteroatoms. The summed E-state index contributed by atoms with van der Waals surface area (Å²) in [6, 6.07) is 4.34. The van der Waals surface area contributed by atoms with Gasteiger partial charge in [-0.3, -0.25) is 0 Å². The highest BCUT2D eigenvalue weighted by Gasteiger charge is 2.49. The molecule has 0 aliphatic heterocycles. The molecule has 4 nitrogen and oxygen atoms in total. The first-order valence-corrected chi connectivity index (χ1v) is 7.45. The SMILES string of the molecule is CCOC1CC(Nc2cccnc2OC(C)C)C1(C)C. The summed E-state index contributed by atoms with van der Waals surface area (Å²) in [5, 5.41) is 3.56. The average Bonchev–Trinajstić information content (AvgIpc) is 2.39. The predicted molar refractivity (Wildman–Crippen MR) is 81.2 cm³/mol. The molecular formula is C16H26N2O2. The summed E-state index contributed by atoms with van der Waals surface area (Å²) in [6.45, 7) is 11.3. The Morgan fingerprint density at radius 3 is 2.80 bits per heavy atom. The molecule has 1 saturated carbocycles. The van der Waals surface area contributed by atoms with Crippen LogP contribution in [0.5, 0.6) is 5.88 Å². The quantitative estimate of drug-likeness (QED) is 0.865. The van der Waals surface area contributed by atoms with Crippen LogP contribution in [-0.4, -0.2) is 29.8 Å². The van der Waals surface area contributed by atoms with Gasteiger partial charge in [-0.2, -0.15) is 0 Å². The molecule has 1 fully saturated rings. The normalized spacial score (nSPS) is 24.3. The number of aromatic nitrogens is 1. The molecule has 1 aliphatic carbocycles. The molecule has 112 valence electrons. The maximum atomic E-state index is 5.77. The monoisotopic (exact) mass is 278 g/mol. The van der Waals surface area contributed by atoms with Crippen molar-refractivity contribution in [2.75, 3.05) is 11.9 Å². The number of ether oxygens (including phenoxy) is 2. The van der Waals surface area contributed by atoms with E-state index >= 15 is 0 Å². The molecule has 2 rings (SSSR count). The molecule has 0 aromatic carbocycles. The zero-order valence-electron chi connectivity index (χ0n) is 13.1. The summed E-state index contributed by atoms with van der Waals surface area (Å²) in [4.78, 5) is 4.32. The first-order valence-electron chi connectivity index (χ1n) is 7.45. The van der Waals surface area contributed by atoms with Crippen molar-refractivity contribution in [3.05, 3.63) is 18.3 Å². The molecule has 0 saturated heterocycles. The minimum absolute atomic E-state index is 0.121. The van der Waals surface area contributed by atoms with E-state index in [9.17, 15) is 0 Å². The third-order valence-electron chi connectivity index (χ3n) is 3.99. The van der Waals surface area contributed by atoms with Gasteiger partial charge in [0, 0.05) is 24.3 Å². The van der Waals surface area contributed by atoms with Crippen molar-refractivity contribution in [3.63, 3.8) is 0 Å². The summed E-state index contributed by atoms with van der Waals surface area (Å²) < 4.78 is 11.5. The lowest BCUT2D eigenvalue weighted by atomic mass is 9.64. The van der Waals surface area contributed by atoms with Crippen LogP contribution in [0.25, 0.3) is 0 Å². The molecule has 1 aliphatic rings. The Labute approximate surface area is 121 Å². The molecule has 0 amide bonds. The van der Waals surface area contributed by atoms with E-state index in [1.54, 1.807) is 6.20 Å². The van der Waals surface area contributed by atoms with E-state index in [0.717, 1.165) is 18.7 Å². The van der Waals surface area contributed by atoms with Crippen LogP contribution >= 0.6 is 0 Å². The minimum Gasteiger partial charge on any atom is -0.473 e. The van der Waals surface area contributed by atoms with E-state index < -0.39 is 0 Å². The lowest BCUT2D eigenvalue weighted by molar-refractivity contribution is -0.0976. The highest BCUT2D eigenvalue weighted by Crippen LogP contribution is 2.45. The van der Waals surface area contributed by atoms with Crippen molar-refractivity contribution in [2.24, 2.45) is 5.41 Å². The van der Waals surface area contributed by atoms with Crippen LogP contribution in [0.2, 0.25) is 0 Å². The van der Waals surface area contributed by atoms with Gasteiger partial charge in [0.1, 0.15) is 0 Å². The van der Waals surface area contributed by atoms with E-state index in [2.05, 4.69) is 24.1 Å². The van der Waals surface area contributed by atoms with Crippen LogP contribution in [0.15, 0.2) is 18.3 Å². The first-order chi connectivity index (χ1) is 9.45. The second-order valence-electron chi connectivity index (χ2n) is 6.22. The molecule has 1 aromatic heterocycles. The molecule has 2 unspecified atom stereocenters. The lowest BCUT2D eigenvalue weighted by Gasteiger charge is -2.52. The van der Waals surface area contributed by atoms with Crippen molar-refractivity contribution in [1.82, 2.24) is 4.98 Å². The number of nitrogens with one attached hydrogen (secondary N) is 1. The molecule has 20 heavy (non-hydrogen) atoms. The van der Waals surface area contributed by atoms with Crippen LogP contribution in [0.3, 0.4) is 0 Å². The van der Waals surface area contributed by atoms with E-state index in [-0.39, 0.29) is 11.5 Å². The van der Waals surface area contributed by atoms with Gasteiger partial charge in [0.15, 0.2) is 0 Å². The van der Waals surface area contributed by atoms with Crippen molar-refractivity contribution in [1.29, 1.82) is 0 Å². The van der Waals surface area contributed by atoms with Crippen molar-refractivity contribution in [2.45, 2.75) is 59.3 Å². The zero-order chi connectivity index (χ0) is 14.8. The summed E-state index contributed by atoms with van der Waals surface area (Å²) in [6.07, 6.45) is 3.24. The average molecular weight is 278 g/mol. The van der Waals surface area contributed by atoms with Crippen LogP contribution in [0.1, 0.15) is 41.0 Å². The third-order valence-corrected chi connectivity index (χ3v) is 3.99. The van der Waals surface area contributed by atoms with Crippen molar-refractivity contribution in [3.8, 4) is 5.88 Å².